The normalized spacial score (nSPS) is 11.4. The van der Waals surface area contributed by atoms with Gasteiger partial charge < -0.3 is 4.57 Å². The zero-order valence-corrected chi connectivity index (χ0v) is 19.1. The molecule has 0 saturated heterocycles. The number of benzene rings is 5. The Labute approximate surface area is 203 Å². The molecular formula is C33H22N2. The first-order valence-electron chi connectivity index (χ1n) is 11.9. The molecule has 0 bridgehead atoms. The van der Waals surface area contributed by atoms with Crippen LogP contribution in [0, 0.1) is 0 Å². The minimum absolute atomic E-state index is 0.972. The lowest BCUT2D eigenvalue weighted by molar-refractivity contribution is 1.19. The Balaban J connectivity index is 1.48. The van der Waals surface area contributed by atoms with Crippen LogP contribution in [0.1, 0.15) is 0 Å². The molecule has 2 aromatic heterocycles. The molecule has 0 aliphatic carbocycles. The Morgan fingerprint density at radius 3 is 1.63 bits per heavy atom. The van der Waals surface area contributed by atoms with E-state index in [0.29, 0.717) is 0 Å². The van der Waals surface area contributed by atoms with Crippen molar-refractivity contribution in [3.8, 4) is 28.1 Å². The summed E-state index contributed by atoms with van der Waals surface area (Å²) >= 11 is 0. The van der Waals surface area contributed by atoms with E-state index in [9.17, 15) is 0 Å². The van der Waals surface area contributed by atoms with Crippen molar-refractivity contribution in [2.45, 2.75) is 0 Å². The summed E-state index contributed by atoms with van der Waals surface area (Å²) < 4.78 is 2.39. The van der Waals surface area contributed by atoms with Gasteiger partial charge in [0.15, 0.2) is 0 Å². The zero-order chi connectivity index (χ0) is 23.2. The number of hydrogen-bond acceptors (Lipinski definition) is 1. The fraction of sp³-hybridized carbons (Fsp3) is 0. The first-order valence-corrected chi connectivity index (χ1v) is 11.9. The molecule has 0 fully saturated rings. The third-order valence-corrected chi connectivity index (χ3v) is 6.80. The second-order valence-corrected chi connectivity index (χ2v) is 8.86. The van der Waals surface area contributed by atoms with Crippen molar-refractivity contribution in [2.75, 3.05) is 0 Å². The SMILES string of the molecule is c1ccc(-c2ccc(-c3cc(-n4c5ccccc5c5ccccc54)c4ccccc4n3)cc2)cc1. The standard InChI is InChI=1S/C33H22N2/c1-2-10-23(11-3-1)24-18-20-25(21-19-24)30-22-33(28-14-4-7-15-29(28)34-30)35-31-16-8-5-12-26(31)27-13-6-9-17-32(27)35/h1-22H. The van der Waals surface area contributed by atoms with Crippen molar-refractivity contribution in [2.24, 2.45) is 0 Å². The molecule has 0 atom stereocenters. The van der Waals surface area contributed by atoms with Gasteiger partial charge >= 0.3 is 0 Å². The maximum atomic E-state index is 5.07. The highest BCUT2D eigenvalue weighted by Gasteiger charge is 2.15. The average molecular weight is 447 g/mol. The number of fused-ring (bicyclic) bond motifs is 4. The molecule has 0 aliphatic heterocycles. The fourth-order valence-corrected chi connectivity index (χ4v) is 5.14. The maximum absolute atomic E-state index is 5.07. The number of rotatable bonds is 3. The molecule has 2 heterocycles. The molecule has 5 aromatic carbocycles. The lowest BCUT2D eigenvalue weighted by atomic mass is 10.0. The van der Waals surface area contributed by atoms with Crippen molar-refractivity contribution in [3.63, 3.8) is 0 Å². The number of para-hydroxylation sites is 3. The Bertz CT molecular complexity index is 1770. The van der Waals surface area contributed by atoms with Gasteiger partial charge in [-0.15, -0.1) is 0 Å². The van der Waals surface area contributed by atoms with Crippen molar-refractivity contribution >= 4 is 32.7 Å². The first-order chi connectivity index (χ1) is 17.4. The molecule has 2 nitrogen and oxygen atoms in total. The van der Waals surface area contributed by atoms with E-state index in [1.54, 1.807) is 0 Å². The van der Waals surface area contributed by atoms with Crippen LogP contribution in [0.25, 0.3) is 60.8 Å². The molecular weight excluding hydrogens is 424 g/mol. The predicted octanol–water partition coefficient (Wildman–Crippen LogP) is 8.67. The Morgan fingerprint density at radius 1 is 0.429 bits per heavy atom. The van der Waals surface area contributed by atoms with Gasteiger partial charge in [0, 0.05) is 21.7 Å². The molecule has 0 aliphatic rings. The van der Waals surface area contributed by atoms with Gasteiger partial charge in [-0.2, -0.15) is 0 Å². The van der Waals surface area contributed by atoms with Crippen LogP contribution in [-0.4, -0.2) is 9.55 Å². The molecule has 0 radical (unpaired) electrons. The van der Waals surface area contributed by atoms with Crippen LogP contribution in [0.4, 0.5) is 0 Å². The van der Waals surface area contributed by atoms with Gasteiger partial charge in [-0.3, -0.25) is 0 Å². The molecule has 35 heavy (non-hydrogen) atoms. The number of nitrogens with zero attached hydrogens (tertiary/aromatic N) is 2. The van der Waals surface area contributed by atoms with Crippen molar-refractivity contribution in [1.82, 2.24) is 9.55 Å². The summed E-state index contributed by atoms with van der Waals surface area (Å²) in [6.07, 6.45) is 0. The monoisotopic (exact) mass is 446 g/mol. The topological polar surface area (TPSA) is 17.8 Å². The summed E-state index contributed by atoms with van der Waals surface area (Å²) in [6, 6.07) is 47.2. The molecule has 0 spiro atoms. The lowest BCUT2D eigenvalue weighted by Crippen LogP contribution is -1.98. The van der Waals surface area contributed by atoms with Crippen LogP contribution in [0.2, 0.25) is 0 Å². The highest BCUT2D eigenvalue weighted by molar-refractivity contribution is 6.10. The molecule has 0 N–H and O–H groups in total. The summed E-state index contributed by atoms with van der Waals surface area (Å²) in [5, 5.41) is 3.67. The Morgan fingerprint density at radius 2 is 0.943 bits per heavy atom. The molecule has 0 unspecified atom stereocenters. The molecule has 0 amide bonds. The van der Waals surface area contributed by atoms with E-state index in [0.717, 1.165) is 27.8 Å². The minimum Gasteiger partial charge on any atom is -0.308 e. The van der Waals surface area contributed by atoms with Gasteiger partial charge in [-0.1, -0.05) is 109 Å². The zero-order valence-electron chi connectivity index (χ0n) is 19.1. The Hall–Kier alpha value is -4.69. The van der Waals surface area contributed by atoms with Crippen LogP contribution >= 0.6 is 0 Å². The summed E-state index contributed by atoms with van der Waals surface area (Å²) in [7, 11) is 0. The first kappa shape index (κ1) is 19.7. The van der Waals surface area contributed by atoms with E-state index in [1.165, 1.54) is 32.9 Å². The van der Waals surface area contributed by atoms with Gasteiger partial charge in [-0.25, -0.2) is 4.98 Å². The average Bonchev–Trinajstić information content (AvgIpc) is 3.27. The largest absolute Gasteiger partial charge is 0.308 e. The third-order valence-electron chi connectivity index (χ3n) is 6.80. The van der Waals surface area contributed by atoms with Gasteiger partial charge in [0.2, 0.25) is 0 Å². The third kappa shape index (κ3) is 3.23. The van der Waals surface area contributed by atoms with E-state index >= 15 is 0 Å². The van der Waals surface area contributed by atoms with Crippen LogP contribution in [0.5, 0.6) is 0 Å². The van der Waals surface area contributed by atoms with Gasteiger partial charge in [0.1, 0.15) is 0 Å². The van der Waals surface area contributed by atoms with E-state index in [2.05, 4.69) is 132 Å². The summed E-state index contributed by atoms with van der Waals surface area (Å²) in [5.74, 6) is 0. The summed E-state index contributed by atoms with van der Waals surface area (Å²) in [4.78, 5) is 5.07. The van der Waals surface area contributed by atoms with E-state index in [-0.39, 0.29) is 0 Å². The highest BCUT2D eigenvalue weighted by Crippen LogP contribution is 2.36. The van der Waals surface area contributed by atoms with Crippen molar-refractivity contribution < 1.29 is 0 Å². The van der Waals surface area contributed by atoms with Crippen LogP contribution in [0.15, 0.2) is 133 Å². The predicted molar refractivity (Wildman–Crippen MR) is 147 cm³/mol. The molecule has 0 saturated carbocycles. The maximum Gasteiger partial charge on any atom is 0.0730 e. The van der Waals surface area contributed by atoms with Crippen LogP contribution in [0.3, 0.4) is 0 Å². The van der Waals surface area contributed by atoms with Crippen LogP contribution < -0.4 is 0 Å². The molecule has 7 rings (SSSR count). The van der Waals surface area contributed by atoms with Gasteiger partial charge in [0.05, 0.1) is 27.9 Å². The second kappa shape index (κ2) is 7.96. The fourth-order valence-electron chi connectivity index (χ4n) is 5.14. The van der Waals surface area contributed by atoms with E-state index in [4.69, 9.17) is 4.98 Å². The quantitative estimate of drug-likeness (QED) is 0.265. The molecule has 2 heteroatoms. The minimum atomic E-state index is 0.972. The van der Waals surface area contributed by atoms with Gasteiger partial charge in [0.25, 0.3) is 0 Å². The van der Waals surface area contributed by atoms with E-state index in [1.807, 2.05) is 6.07 Å². The lowest BCUT2D eigenvalue weighted by Gasteiger charge is -2.14. The summed E-state index contributed by atoms with van der Waals surface area (Å²) in [6.45, 7) is 0. The number of aromatic nitrogens is 2. The second-order valence-electron chi connectivity index (χ2n) is 8.86. The smallest absolute Gasteiger partial charge is 0.0730 e. The van der Waals surface area contributed by atoms with Crippen LogP contribution in [-0.2, 0) is 0 Å². The Kier molecular flexibility index (Phi) is 4.49. The highest BCUT2D eigenvalue weighted by atomic mass is 15.0. The number of hydrogen-bond donors (Lipinski definition) is 0. The number of pyridine rings is 1. The molecule has 164 valence electrons. The van der Waals surface area contributed by atoms with Gasteiger partial charge in [-0.05, 0) is 35.4 Å². The van der Waals surface area contributed by atoms with Crippen molar-refractivity contribution in [3.05, 3.63) is 133 Å². The summed E-state index contributed by atoms with van der Waals surface area (Å²) in [5.41, 5.74) is 9.06. The molecule has 7 aromatic rings. The van der Waals surface area contributed by atoms with E-state index < -0.39 is 0 Å². The van der Waals surface area contributed by atoms with Crippen molar-refractivity contribution in [1.29, 1.82) is 0 Å².